The summed E-state index contributed by atoms with van der Waals surface area (Å²) in [6, 6.07) is 8.20. The largest absolute Gasteiger partial charge is 0.417 e. The standard InChI is InChI=1S/C23H24F3N3O3/c1-3-17-11-18(23(24,25)26)19-20(28-32-21(19)27-17)16-5-4-10-29(12-16)22(30)15-8-6-14(7-9-15)13-31-2/h6-9,11,16H,3-5,10,12-13H2,1-2H3. The zero-order valence-electron chi connectivity index (χ0n) is 17.9. The summed E-state index contributed by atoms with van der Waals surface area (Å²) in [4.78, 5) is 18.9. The van der Waals surface area contributed by atoms with Crippen molar-refractivity contribution in [2.45, 2.75) is 44.9 Å². The number of piperidine rings is 1. The van der Waals surface area contributed by atoms with Gasteiger partial charge < -0.3 is 14.2 Å². The van der Waals surface area contributed by atoms with Gasteiger partial charge in [-0.15, -0.1) is 0 Å². The number of halogens is 3. The maximum Gasteiger partial charge on any atom is 0.417 e. The van der Waals surface area contributed by atoms with Crippen molar-refractivity contribution >= 4 is 17.0 Å². The molecule has 6 nitrogen and oxygen atoms in total. The van der Waals surface area contributed by atoms with E-state index in [-0.39, 0.29) is 35.2 Å². The second kappa shape index (κ2) is 8.90. The van der Waals surface area contributed by atoms with Gasteiger partial charge in [-0.2, -0.15) is 13.2 Å². The second-order valence-corrected chi connectivity index (χ2v) is 7.98. The van der Waals surface area contributed by atoms with Gasteiger partial charge in [-0.1, -0.05) is 24.2 Å². The molecule has 0 aliphatic carbocycles. The van der Waals surface area contributed by atoms with Gasteiger partial charge in [0.25, 0.3) is 11.6 Å². The monoisotopic (exact) mass is 447 g/mol. The highest BCUT2D eigenvalue weighted by Crippen LogP contribution is 2.40. The number of benzene rings is 1. The fourth-order valence-electron chi connectivity index (χ4n) is 4.19. The number of nitrogens with zero attached hydrogens (tertiary/aromatic N) is 3. The van der Waals surface area contributed by atoms with E-state index in [0.717, 1.165) is 11.6 Å². The number of alkyl halides is 3. The van der Waals surface area contributed by atoms with Gasteiger partial charge in [0.05, 0.1) is 23.3 Å². The Labute approximate surface area is 183 Å². The first kappa shape index (κ1) is 22.3. The smallest absolute Gasteiger partial charge is 0.380 e. The minimum Gasteiger partial charge on any atom is -0.380 e. The molecule has 1 amide bonds. The molecule has 1 aliphatic rings. The Kier molecular flexibility index (Phi) is 6.19. The van der Waals surface area contributed by atoms with E-state index in [1.165, 1.54) is 0 Å². The molecule has 1 fully saturated rings. The summed E-state index contributed by atoms with van der Waals surface area (Å²) >= 11 is 0. The Morgan fingerprint density at radius 3 is 2.69 bits per heavy atom. The van der Waals surface area contributed by atoms with Crippen LogP contribution in [0.15, 0.2) is 34.9 Å². The molecule has 170 valence electrons. The molecule has 2 aromatic heterocycles. The lowest BCUT2D eigenvalue weighted by Crippen LogP contribution is -2.39. The van der Waals surface area contributed by atoms with Crippen LogP contribution in [0.4, 0.5) is 13.2 Å². The number of carbonyl (C=O) groups excluding carboxylic acids is 1. The molecule has 1 aromatic carbocycles. The van der Waals surface area contributed by atoms with Crippen LogP contribution >= 0.6 is 0 Å². The summed E-state index contributed by atoms with van der Waals surface area (Å²) in [7, 11) is 1.60. The summed E-state index contributed by atoms with van der Waals surface area (Å²) in [5.41, 5.74) is 1.10. The summed E-state index contributed by atoms with van der Waals surface area (Å²) in [5, 5.41) is 3.88. The van der Waals surface area contributed by atoms with Gasteiger partial charge in [0.15, 0.2) is 0 Å². The normalized spacial score (nSPS) is 17.2. The maximum absolute atomic E-state index is 13.8. The Hall–Kier alpha value is -2.94. The predicted octanol–water partition coefficient (Wildman–Crippen LogP) is 4.97. The van der Waals surface area contributed by atoms with Crippen molar-refractivity contribution in [1.82, 2.24) is 15.0 Å². The molecule has 3 aromatic rings. The molecule has 9 heteroatoms. The molecule has 1 unspecified atom stereocenters. The van der Waals surface area contributed by atoms with E-state index in [2.05, 4.69) is 10.1 Å². The lowest BCUT2D eigenvalue weighted by atomic mass is 9.91. The minimum atomic E-state index is -4.56. The van der Waals surface area contributed by atoms with Gasteiger partial charge in [-0.25, -0.2) is 4.98 Å². The van der Waals surface area contributed by atoms with Crippen molar-refractivity contribution in [2.24, 2.45) is 0 Å². The quantitative estimate of drug-likeness (QED) is 0.552. The number of pyridine rings is 1. The average Bonchev–Trinajstić information content (AvgIpc) is 3.22. The molecule has 3 heterocycles. The fourth-order valence-corrected chi connectivity index (χ4v) is 4.19. The highest BCUT2D eigenvalue weighted by Gasteiger charge is 2.38. The number of hydrogen-bond acceptors (Lipinski definition) is 5. The Morgan fingerprint density at radius 2 is 2.03 bits per heavy atom. The molecule has 0 N–H and O–H groups in total. The number of hydrogen-bond donors (Lipinski definition) is 0. The average molecular weight is 447 g/mol. The van der Waals surface area contributed by atoms with Gasteiger partial charge in [0.1, 0.15) is 0 Å². The van der Waals surface area contributed by atoms with Gasteiger partial charge >= 0.3 is 6.18 Å². The van der Waals surface area contributed by atoms with E-state index < -0.39 is 11.7 Å². The van der Waals surface area contributed by atoms with Crippen LogP contribution in [-0.4, -0.2) is 41.1 Å². The van der Waals surface area contributed by atoms with E-state index in [0.29, 0.717) is 43.7 Å². The lowest BCUT2D eigenvalue weighted by molar-refractivity contribution is -0.136. The first-order chi connectivity index (χ1) is 15.3. The van der Waals surface area contributed by atoms with Crippen LogP contribution in [0.5, 0.6) is 0 Å². The number of carbonyl (C=O) groups is 1. The van der Waals surface area contributed by atoms with Crippen LogP contribution in [-0.2, 0) is 23.9 Å². The number of methoxy groups -OCH3 is 1. The fraction of sp³-hybridized carbons (Fsp3) is 0.435. The topological polar surface area (TPSA) is 68.5 Å². The van der Waals surface area contributed by atoms with Crippen molar-refractivity contribution in [3.8, 4) is 0 Å². The predicted molar refractivity (Wildman–Crippen MR) is 111 cm³/mol. The molecule has 32 heavy (non-hydrogen) atoms. The van der Waals surface area contributed by atoms with Gasteiger partial charge in [-0.3, -0.25) is 4.79 Å². The van der Waals surface area contributed by atoms with Crippen molar-refractivity contribution in [3.63, 3.8) is 0 Å². The third-order valence-electron chi connectivity index (χ3n) is 5.80. The zero-order valence-corrected chi connectivity index (χ0v) is 17.9. The third kappa shape index (κ3) is 4.34. The van der Waals surface area contributed by atoms with Gasteiger partial charge in [0, 0.05) is 37.4 Å². The molecule has 1 aliphatic heterocycles. The van der Waals surface area contributed by atoms with Crippen LogP contribution in [0, 0.1) is 0 Å². The number of ether oxygens (including phenoxy) is 1. The summed E-state index contributed by atoms with van der Waals surface area (Å²) < 4.78 is 51.7. The number of amides is 1. The first-order valence-electron chi connectivity index (χ1n) is 10.5. The Balaban J connectivity index is 1.63. The molecule has 1 saturated heterocycles. The third-order valence-corrected chi connectivity index (χ3v) is 5.80. The molecule has 0 spiro atoms. The number of fused-ring (bicyclic) bond motifs is 1. The summed E-state index contributed by atoms with van der Waals surface area (Å²) in [6.45, 7) is 3.00. The number of aryl methyl sites for hydroxylation is 1. The number of likely N-dealkylation sites (tertiary alicyclic amines) is 1. The molecule has 0 bridgehead atoms. The second-order valence-electron chi connectivity index (χ2n) is 7.98. The lowest BCUT2D eigenvalue weighted by Gasteiger charge is -2.32. The highest BCUT2D eigenvalue weighted by molar-refractivity contribution is 5.94. The minimum absolute atomic E-state index is 0.0992. The van der Waals surface area contributed by atoms with Gasteiger partial charge in [0.2, 0.25) is 0 Å². The van der Waals surface area contributed by atoms with Crippen molar-refractivity contribution in [3.05, 3.63) is 58.4 Å². The summed E-state index contributed by atoms with van der Waals surface area (Å²) in [6.07, 6.45) is -2.93. The SMILES string of the molecule is CCc1cc(C(F)(F)F)c2c(C3CCCN(C(=O)c4ccc(COC)cc4)C3)noc2n1. The molecular formula is C23H24F3N3O3. The molecule has 4 rings (SSSR count). The van der Waals surface area contributed by atoms with Crippen molar-refractivity contribution in [2.75, 3.05) is 20.2 Å². The van der Waals surface area contributed by atoms with Gasteiger partial charge in [-0.05, 0) is 43.0 Å². The van der Waals surface area contributed by atoms with Crippen LogP contribution < -0.4 is 0 Å². The van der Waals surface area contributed by atoms with Crippen LogP contribution in [0.2, 0.25) is 0 Å². The number of rotatable bonds is 5. The van der Waals surface area contributed by atoms with E-state index in [4.69, 9.17) is 9.26 Å². The van der Waals surface area contributed by atoms with E-state index in [9.17, 15) is 18.0 Å². The van der Waals surface area contributed by atoms with Crippen LogP contribution in [0.25, 0.3) is 11.1 Å². The Bertz CT molecular complexity index is 1110. The van der Waals surface area contributed by atoms with E-state index in [1.807, 2.05) is 12.1 Å². The van der Waals surface area contributed by atoms with Crippen molar-refractivity contribution < 1.29 is 27.2 Å². The zero-order chi connectivity index (χ0) is 22.9. The van der Waals surface area contributed by atoms with E-state index >= 15 is 0 Å². The molecule has 0 radical (unpaired) electrons. The molecule has 1 atom stereocenters. The Morgan fingerprint density at radius 1 is 1.28 bits per heavy atom. The van der Waals surface area contributed by atoms with Crippen LogP contribution in [0.1, 0.15) is 58.6 Å². The number of aromatic nitrogens is 2. The first-order valence-corrected chi connectivity index (χ1v) is 10.5. The summed E-state index contributed by atoms with van der Waals surface area (Å²) in [5.74, 6) is -0.522. The van der Waals surface area contributed by atoms with Crippen LogP contribution in [0.3, 0.4) is 0 Å². The highest BCUT2D eigenvalue weighted by atomic mass is 19.4. The molecular weight excluding hydrogens is 423 g/mol. The maximum atomic E-state index is 13.8. The van der Waals surface area contributed by atoms with Crippen molar-refractivity contribution in [1.29, 1.82) is 0 Å². The molecule has 0 saturated carbocycles. The van der Waals surface area contributed by atoms with E-state index in [1.54, 1.807) is 31.1 Å².